The van der Waals surface area contributed by atoms with E-state index in [9.17, 15) is 9.59 Å². The molecule has 0 radical (unpaired) electrons. The van der Waals surface area contributed by atoms with Crippen molar-refractivity contribution in [3.8, 4) is 0 Å². The number of thioether (sulfide) groups is 1. The predicted molar refractivity (Wildman–Crippen MR) is 131 cm³/mol. The number of carbonyl (C=O) groups excluding carboxylic acids is 2. The summed E-state index contributed by atoms with van der Waals surface area (Å²) in [5.74, 6) is -0.475. The van der Waals surface area contributed by atoms with Crippen LogP contribution in [0.3, 0.4) is 0 Å². The minimum atomic E-state index is -0.740. The average molecular weight is 459 g/mol. The van der Waals surface area contributed by atoms with Crippen LogP contribution >= 0.6 is 11.8 Å². The summed E-state index contributed by atoms with van der Waals surface area (Å²) in [5.41, 5.74) is 2.37. The zero-order valence-electron chi connectivity index (χ0n) is 18.3. The fraction of sp³-hybridized carbons (Fsp3) is 0.185. The van der Waals surface area contributed by atoms with E-state index < -0.39 is 17.6 Å². The second kappa shape index (κ2) is 10.5. The van der Waals surface area contributed by atoms with Gasteiger partial charge in [-0.2, -0.15) is 0 Å². The molecule has 3 aromatic carbocycles. The Labute approximate surface area is 198 Å². The number of β-lactam (4-membered cyclic amide) rings is 1. The average Bonchev–Trinajstić information content (AvgIpc) is 2.86. The van der Waals surface area contributed by atoms with Gasteiger partial charge in [0.05, 0.1) is 12.1 Å². The molecule has 0 bridgehead atoms. The Morgan fingerprint density at radius 1 is 0.939 bits per heavy atom. The van der Waals surface area contributed by atoms with Gasteiger partial charge in [-0.3, -0.25) is 10.1 Å². The molecule has 2 atom stereocenters. The summed E-state index contributed by atoms with van der Waals surface area (Å²) in [6, 6.07) is 30.0. The molecule has 0 unspecified atom stereocenters. The molecule has 33 heavy (non-hydrogen) atoms. The van der Waals surface area contributed by atoms with Gasteiger partial charge in [0.15, 0.2) is 0 Å². The lowest BCUT2D eigenvalue weighted by Gasteiger charge is -2.45. The first kappa shape index (κ1) is 22.8. The highest BCUT2D eigenvalue weighted by Gasteiger charge is 2.47. The number of benzene rings is 3. The van der Waals surface area contributed by atoms with E-state index in [0.717, 1.165) is 16.7 Å². The topological polar surface area (TPSA) is 67.4 Å². The molecular formula is C27H26N2O3S. The Kier molecular flexibility index (Phi) is 7.27. The van der Waals surface area contributed by atoms with E-state index in [1.165, 1.54) is 17.8 Å². The third-order valence-corrected chi connectivity index (χ3v) is 6.55. The summed E-state index contributed by atoms with van der Waals surface area (Å²) in [6.07, 6.45) is 1.38. The van der Waals surface area contributed by atoms with E-state index in [-0.39, 0.29) is 11.3 Å². The number of rotatable bonds is 9. The van der Waals surface area contributed by atoms with E-state index in [4.69, 9.17) is 4.74 Å². The Morgan fingerprint density at radius 3 is 1.85 bits per heavy atom. The molecule has 168 valence electrons. The van der Waals surface area contributed by atoms with Crippen molar-refractivity contribution in [1.82, 2.24) is 10.6 Å². The minimum absolute atomic E-state index is 0.0794. The molecule has 1 fully saturated rings. The van der Waals surface area contributed by atoms with Crippen LogP contribution in [-0.2, 0) is 19.9 Å². The van der Waals surface area contributed by atoms with Crippen LogP contribution in [0, 0.1) is 0 Å². The summed E-state index contributed by atoms with van der Waals surface area (Å²) >= 11 is 1.38. The smallest absolute Gasteiger partial charge is 0.331 e. The summed E-state index contributed by atoms with van der Waals surface area (Å²) in [7, 11) is 0. The molecule has 1 heterocycles. The van der Waals surface area contributed by atoms with Crippen LogP contribution in [0.25, 0.3) is 0 Å². The lowest BCUT2D eigenvalue weighted by atomic mass is 9.76. The molecule has 1 saturated heterocycles. The van der Waals surface area contributed by atoms with Crippen molar-refractivity contribution in [2.45, 2.75) is 23.9 Å². The second-order valence-corrected chi connectivity index (χ2v) is 8.64. The molecule has 0 aliphatic carbocycles. The lowest BCUT2D eigenvalue weighted by Crippen LogP contribution is -2.70. The maximum atomic E-state index is 12.7. The third-order valence-electron chi connectivity index (χ3n) is 5.58. The van der Waals surface area contributed by atoms with E-state index in [2.05, 4.69) is 47.0 Å². The van der Waals surface area contributed by atoms with Crippen molar-refractivity contribution >= 4 is 23.6 Å². The van der Waals surface area contributed by atoms with Crippen LogP contribution in [-0.4, -0.2) is 29.9 Å². The molecule has 6 heteroatoms. The first-order valence-corrected chi connectivity index (χ1v) is 11.8. The molecule has 1 aliphatic heterocycles. The Balaban J connectivity index is 1.73. The fourth-order valence-electron chi connectivity index (χ4n) is 4.03. The van der Waals surface area contributed by atoms with Gasteiger partial charge in [0.1, 0.15) is 11.4 Å². The molecule has 4 rings (SSSR count). The van der Waals surface area contributed by atoms with Crippen molar-refractivity contribution < 1.29 is 14.3 Å². The standard InChI is InChI=1S/C27H26N2O3S/c1-2-32-23(30)18-19-33-26-24(25(31)28-26)29-27(20-12-6-3-7-13-20,21-14-8-4-9-15-21)22-16-10-5-11-17-22/h3-19,24,26,29H,2H2,1H3,(H,28,31)/t24-,26+/m1/s1. The predicted octanol–water partition coefficient (Wildman–Crippen LogP) is 4.20. The number of amides is 1. The molecule has 0 spiro atoms. The first-order valence-electron chi connectivity index (χ1n) is 10.9. The zero-order valence-corrected chi connectivity index (χ0v) is 19.1. The molecule has 5 nitrogen and oxygen atoms in total. The van der Waals surface area contributed by atoms with Gasteiger partial charge in [-0.15, -0.1) is 11.8 Å². The summed E-state index contributed by atoms with van der Waals surface area (Å²) in [4.78, 5) is 24.3. The zero-order chi connectivity index (χ0) is 23.1. The Hall–Kier alpha value is -3.35. The summed E-state index contributed by atoms with van der Waals surface area (Å²) < 4.78 is 4.94. The lowest BCUT2D eigenvalue weighted by molar-refractivity contribution is -0.137. The normalized spacial score (nSPS) is 17.9. The van der Waals surface area contributed by atoms with Crippen LogP contribution in [0.1, 0.15) is 23.6 Å². The molecule has 1 amide bonds. The van der Waals surface area contributed by atoms with Crippen molar-refractivity contribution in [2.24, 2.45) is 0 Å². The van der Waals surface area contributed by atoms with E-state index in [1.807, 2.05) is 54.6 Å². The highest BCUT2D eigenvalue weighted by Crippen LogP contribution is 2.39. The van der Waals surface area contributed by atoms with Crippen molar-refractivity contribution in [3.63, 3.8) is 0 Å². The number of ether oxygens (including phenoxy) is 1. The number of carbonyl (C=O) groups is 2. The van der Waals surface area contributed by atoms with Crippen molar-refractivity contribution in [1.29, 1.82) is 0 Å². The summed E-state index contributed by atoms with van der Waals surface area (Å²) in [6.45, 7) is 2.09. The minimum Gasteiger partial charge on any atom is -0.463 e. The van der Waals surface area contributed by atoms with Crippen LogP contribution in [0.15, 0.2) is 102 Å². The molecule has 0 saturated carbocycles. The van der Waals surface area contributed by atoms with Crippen molar-refractivity contribution in [2.75, 3.05) is 6.61 Å². The number of hydrogen-bond donors (Lipinski definition) is 2. The molecule has 1 aliphatic rings. The summed E-state index contributed by atoms with van der Waals surface area (Å²) in [5, 5.41) is 8.08. The van der Waals surface area contributed by atoms with Gasteiger partial charge in [-0.1, -0.05) is 91.0 Å². The van der Waals surface area contributed by atoms with E-state index >= 15 is 0 Å². The highest BCUT2D eigenvalue weighted by molar-refractivity contribution is 8.02. The molecule has 0 aromatic heterocycles. The number of esters is 1. The van der Waals surface area contributed by atoms with Gasteiger partial charge in [-0.25, -0.2) is 4.79 Å². The molecular weight excluding hydrogens is 432 g/mol. The largest absolute Gasteiger partial charge is 0.463 e. The fourth-order valence-corrected chi connectivity index (χ4v) is 4.92. The molecule has 2 N–H and O–H groups in total. The van der Waals surface area contributed by atoms with E-state index in [0.29, 0.717) is 6.61 Å². The second-order valence-electron chi connectivity index (χ2n) is 7.59. The molecule has 3 aromatic rings. The van der Waals surface area contributed by atoms with Gasteiger partial charge in [0.2, 0.25) is 5.91 Å². The van der Waals surface area contributed by atoms with Crippen LogP contribution in [0.5, 0.6) is 0 Å². The van der Waals surface area contributed by atoms with E-state index in [1.54, 1.807) is 12.3 Å². The monoisotopic (exact) mass is 458 g/mol. The third kappa shape index (κ3) is 4.87. The van der Waals surface area contributed by atoms with Crippen LogP contribution in [0.4, 0.5) is 0 Å². The Morgan fingerprint density at radius 2 is 1.42 bits per heavy atom. The van der Waals surface area contributed by atoms with Gasteiger partial charge in [-0.05, 0) is 29.0 Å². The van der Waals surface area contributed by atoms with Gasteiger partial charge in [0, 0.05) is 6.08 Å². The van der Waals surface area contributed by atoms with Crippen LogP contribution < -0.4 is 10.6 Å². The number of nitrogens with one attached hydrogen (secondary N) is 2. The number of hydrogen-bond acceptors (Lipinski definition) is 5. The highest BCUT2D eigenvalue weighted by atomic mass is 32.2. The Bertz CT molecular complexity index is 1010. The maximum Gasteiger partial charge on any atom is 0.331 e. The quantitative estimate of drug-likeness (QED) is 0.218. The van der Waals surface area contributed by atoms with Gasteiger partial charge >= 0.3 is 5.97 Å². The SMILES string of the molecule is CCOC(=O)C=CS[C@@H]1NC(=O)[C@H]1NC(c1ccccc1)(c1ccccc1)c1ccccc1. The maximum absolute atomic E-state index is 12.7. The van der Waals surface area contributed by atoms with Gasteiger partial charge < -0.3 is 10.1 Å². The first-order chi connectivity index (χ1) is 16.1. The van der Waals surface area contributed by atoms with Crippen LogP contribution in [0.2, 0.25) is 0 Å². The van der Waals surface area contributed by atoms with Gasteiger partial charge in [0.25, 0.3) is 0 Å². The van der Waals surface area contributed by atoms with Crippen molar-refractivity contribution in [3.05, 3.63) is 119 Å².